The van der Waals surface area contributed by atoms with Crippen LogP contribution in [-0.4, -0.2) is 11.6 Å². The van der Waals surface area contributed by atoms with Crippen LogP contribution in [0.5, 0.6) is 0 Å². The molecule has 0 atom stereocenters. The molecule has 0 saturated carbocycles. The first-order valence-corrected chi connectivity index (χ1v) is 8.18. The van der Waals surface area contributed by atoms with Crippen LogP contribution in [0, 0.1) is 25.2 Å². The maximum atomic E-state index is 12.4. The molecule has 0 unspecified atom stereocenters. The lowest BCUT2D eigenvalue weighted by molar-refractivity contribution is -0.110. The molecular weight excluding hydrogens is 324 g/mol. The number of anilines is 2. The summed E-state index contributed by atoms with van der Waals surface area (Å²) in [6.45, 7) is 3.80. The third kappa shape index (κ3) is 3.70. The quantitative estimate of drug-likeness (QED) is 0.545. The van der Waals surface area contributed by atoms with Crippen LogP contribution < -0.4 is 10.7 Å². The van der Waals surface area contributed by atoms with Crippen LogP contribution in [0.1, 0.15) is 11.1 Å². The molecule has 0 saturated heterocycles. The number of fused-ring (bicyclic) bond motifs is 1. The Hall–Kier alpha value is -3.65. The Bertz CT molecular complexity index is 1030. The predicted octanol–water partition coefficient (Wildman–Crippen LogP) is 4.39. The standard InChI is InChI=1S/C21H18N4O/c1-14-6-5-7-15(2)20(14)23-21(26)19(13-22)25-24-18-11-10-16-8-3-4-9-17(16)12-18/h3-12,24H,1-2H3,(H,23,26)/b25-19+. The fourth-order valence-electron chi connectivity index (χ4n) is 2.69. The van der Waals surface area contributed by atoms with E-state index in [4.69, 9.17) is 0 Å². The van der Waals surface area contributed by atoms with Gasteiger partial charge in [-0.05, 0) is 47.9 Å². The van der Waals surface area contributed by atoms with E-state index in [0.29, 0.717) is 11.4 Å². The van der Waals surface area contributed by atoms with Crippen molar-refractivity contribution in [3.05, 3.63) is 71.8 Å². The number of hydrazone groups is 1. The minimum Gasteiger partial charge on any atom is -0.319 e. The Morgan fingerprint density at radius 1 is 0.962 bits per heavy atom. The van der Waals surface area contributed by atoms with E-state index in [0.717, 1.165) is 21.9 Å². The smallest absolute Gasteiger partial charge is 0.287 e. The van der Waals surface area contributed by atoms with Gasteiger partial charge in [-0.25, -0.2) is 0 Å². The number of nitriles is 1. The Morgan fingerprint density at radius 3 is 2.35 bits per heavy atom. The van der Waals surface area contributed by atoms with Gasteiger partial charge < -0.3 is 5.32 Å². The van der Waals surface area contributed by atoms with Crippen molar-refractivity contribution >= 4 is 33.8 Å². The largest absolute Gasteiger partial charge is 0.319 e. The van der Waals surface area contributed by atoms with Gasteiger partial charge in [-0.2, -0.15) is 10.4 Å². The average molecular weight is 342 g/mol. The summed E-state index contributed by atoms with van der Waals surface area (Å²) < 4.78 is 0. The average Bonchev–Trinajstić information content (AvgIpc) is 2.65. The van der Waals surface area contributed by atoms with Gasteiger partial charge in [0.25, 0.3) is 5.91 Å². The molecule has 0 spiro atoms. The first kappa shape index (κ1) is 17.2. The Labute approximate surface area is 152 Å². The molecule has 0 fully saturated rings. The molecule has 5 heteroatoms. The Morgan fingerprint density at radius 2 is 1.65 bits per heavy atom. The van der Waals surface area contributed by atoms with Crippen LogP contribution in [0.25, 0.3) is 10.8 Å². The van der Waals surface area contributed by atoms with E-state index >= 15 is 0 Å². The van der Waals surface area contributed by atoms with Gasteiger partial charge in [0.1, 0.15) is 6.07 Å². The molecule has 3 aromatic carbocycles. The molecule has 0 aliphatic heterocycles. The summed E-state index contributed by atoms with van der Waals surface area (Å²) in [5.74, 6) is -0.543. The molecule has 5 nitrogen and oxygen atoms in total. The van der Waals surface area contributed by atoms with Crippen molar-refractivity contribution in [2.24, 2.45) is 5.10 Å². The molecule has 26 heavy (non-hydrogen) atoms. The number of benzene rings is 3. The molecule has 2 N–H and O–H groups in total. The molecule has 1 amide bonds. The van der Waals surface area contributed by atoms with Gasteiger partial charge in [0.2, 0.25) is 5.71 Å². The van der Waals surface area contributed by atoms with Crippen LogP contribution in [0.4, 0.5) is 11.4 Å². The zero-order valence-corrected chi connectivity index (χ0v) is 14.6. The number of carbonyl (C=O) groups is 1. The fourth-order valence-corrected chi connectivity index (χ4v) is 2.69. The van der Waals surface area contributed by atoms with E-state index in [1.807, 2.05) is 80.6 Å². The molecule has 0 aliphatic carbocycles. The molecule has 128 valence electrons. The van der Waals surface area contributed by atoms with Crippen molar-refractivity contribution in [2.75, 3.05) is 10.7 Å². The van der Waals surface area contributed by atoms with Crippen LogP contribution >= 0.6 is 0 Å². The maximum Gasteiger partial charge on any atom is 0.287 e. The third-order valence-electron chi connectivity index (χ3n) is 4.09. The topological polar surface area (TPSA) is 77.3 Å². The van der Waals surface area contributed by atoms with E-state index in [2.05, 4.69) is 15.8 Å². The number of nitrogens with one attached hydrogen (secondary N) is 2. The number of para-hydroxylation sites is 1. The third-order valence-corrected chi connectivity index (χ3v) is 4.09. The number of hydrogen-bond donors (Lipinski definition) is 2. The monoisotopic (exact) mass is 342 g/mol. The van der Waals surface area contributed by atoms with Crippen LogP contribution in [0.15, 0.2) is 65.8 Å². The van der Waals surface area contributed by atoms with Crippen molar-refractivity contribution in [1.29, 1.82) is 5.26 Å². The highest BCUT2D eigenvalue weighted by Gasteiger charge is 2.14. The van der Waals surface area contributed by atoms with Gasteiger partial charge in [-0.3, -0.25) is 10.2 Å². The molecule has 3 rings (SSSR count). The van der Waals surface area contributed by atoms with Crippen LogP contribution in [-0.2, 0) is 4.79 Å². The van der Waals surface area contributed by atoms with Gasteiger partial charge in [0.05, 0.1) is 5.69 Å². The second kappa shape index (κ2) is 7.49. The molecule has 0 aromatic heterocycles. The fraction of sp³-hybridized carbons (Fsp3) is 0.0952. The number of nitrogens with zero attached hydrogens (tertiary/aromatic N) is 2. The van der Waals surface area contributed by atoms with E-state index < -0.39 is 5.91 Å². The summed E-state index contributed by atoms with van der Waals surface area (Å²) in [6, 6.07) is 21.2. The highest BCUT2D eigenvalue weighted by molar-refractivity contribution is 6.48. The number of amides is 1. The molecule has 0 bridgehead atoms. The molecule has 0 radical (unpaired) electrons. The van der Waals surface area contributed by atoms with E-state index in [1.54, 1.807) is 0 Å². The SMILES string of the molecule is Cc1cccc(C)c1NC(=O)/C(C#N)=N/Nc1ccc2ccccc2c1. The zero-order valence-electron chi connectivity index (χ0n) is 14.6. The highest BCUT2D eigenvalue weighted by atomic mass is 16.1. The summed E-state index contributed by atoms with van der Waals surface area (Å²) in [6.07, 6.45) is 0. The lowest BCUT2D eigenvalue weighted by Gasteiger charge is -2.10. The normalized spacial score (nSPS) is 11.0. The lowest BCUT2D eigenvalue weighted by Crippen LogP contribution is -2.23. The molecule has 3 aromatic rings. The Balaban J connectivity index is 1.79. The second-order valence-corrected chi connectivity index (χ2v) is 5.97. The molecular formula is C21H18N4O. The van der Waals surface area contributed by atoms with E-state index in [1.165, 1.54) is 0 Å². The summed E-state index contributed by atoms with van der Waals surface area (Å²) in [5, 5.41) is 18.2. The van der Waals surface area contributed by atoms with E-state index in [-0.39, 0.29) is 5.71 Å². The summed E-state index contributed by atoms with van der Waals surface area (Å²) in [4.78, 5) is 12.4. The Kier molecular flexibility index (Phi) is 4.95. The second-order valence-electron chi connectivity index (χ2n) is 5.97. The van der Waals surface area contributed by atoms with Crippen LogP contribution in [0.3, 0.4) is 0 Å². The van der Waals surface area contributed by atoms with Crippen molar-refractivity contribution in [3.8, 4) is 6.07 Å². The molecule has 0 heterocycles. The lowest BCUT2D eigenvalue weighted by atomic mass is 10.1. The minimum absolute atomic E-state index is 0.235. The van der Waals surface area contributed by atoms with Gasteiger partial charge in [-0.1, -0.05) is 48.5 Å². The van der Waals surface area contributed by atoms with Gasteiger partial charge in [0.15, 0.2) is 0 Å². The van der Waals surface area contributed by atoms with Gasteiger partial charge >= 0.3 is 0 Å². The van der Waals surface area contributed by atoms with Gasteiger partial charge in [0, 0.05) is 5.69 Å². The summed E-state index contributed by atoms with van der Waals surface area (Å²) >= 11 is 0. The zero-order chi connectivity index (χ0) is 18.5. The van der Waals surface area contributed by atoms with Crippen molar-refractivity contribution < 1.29 is 4.79 Å². The first-order chi connectivity index (χ1) is 12.6. The minimum atomic E-state index is -0.543. The van der Waals surface area contributed by atoms with Crippen molar-refractivity contribution in [3.63, 3.8) is 0 Å². The summed E-state index contributed by atoms with van der Waals surface area (Å²) in [5.41, 5.74) is 5.82. The maximum absolute atomic E-state index is 12.4. The number of aryl methyl sites for hydroxylation is 2. The number of rotatable bonds is 4. The molecule has 0 aliphatic rings. The van der Waals surface area contributed by atoms with Crippen molar-refractivity contribution in [1.82, 2.24) is 0 Å². The predicted molar refractivity (Wildman–Crippen MR) is 105 cm³/mol. The highest BCUT2D eigenvalue weighted by Crippen LogP contribution is 2.20. The number of hydrogen-bond acceptors (Lipinski definition) is 4. The van der Waals surface area contributed by atoms with Crippen molar-refractivity contribution in [2.45, 2.75) is 13.8 Å². The van der Waals surface area contributed by atoms with Gasteiger partial charge in [-0.15, -0.1) is 0 Å². The summed E-state index contributed by atoms with van der Waals surface area (Å²) in [7, 11) is 0. The number of carbonyl (C=O) groups excluding carboxylic acids is 1. The van der Waals surface area contributed by atoms with E-state index in [9.17, 15) is 10.1 Å². The van der Waals surface area contributed by atoms with Crippen LogP contribution in [0.2, 0.25) is 0 Å². The first-order valence-electron chi connectivity index (χ1n) is 8.18.